The number of hydrogen-bond donors (Lipinski definition) is 1. The first-order valence-electron chi connectivity index (χ1n) is 6.80. The highest BCUT2D eigenvalue weighted by atomic mass is 16.5. The Balaban J connectivity index is 1.83. The van der Waals surface area contributed by atoms with E-state index in [1.54, 1.807) is 0 Å². The van der Waals surface area contributed by atoms with Gasteiger partial charge in [0.2, 0.25) is 0 Å². The Morgan fingerprint density at radius 1 is 1.39 bits per heavy atom. The number of β-amino-alcohol motifs (C(OH)–C–C–N with tert-alkyl or cyclic N) is 1. The van der Waals surface area contributed by atoms with Crippen LogP contribution >= 0.6 is 0 Å². The largest absolute Gasteiger partial charge is 0.467 e. The molecule has 0 saturated carbocycles. The number of rotatable bonds is 4. The lowest BCUT2D eigenvalue weighted by molar-refractivity contribution is -0.162. The van der Waals surface area contributed by atoms with Crippen molar-refractivity contribution in [2.24, 2.45) is 0 Å². The summed E-state index contributed by atoms with van der Waals surface area (Å²) in [6.45, 7) is 6.20. The second-order valence-electron chi connectivity index (χ2n) is 5.69. The molecule has 104 valence electrons. The number of ether oxygens (including phenoxy) is 1. The number of hydrogen-bond acceptors (Lipinski definition) is 5. The zero-order chi connectivity index (χ0) is 13.2. The molecule has 0 spiro atoms. The van der Waals surface area contributed by atoms with E-state index in [2.05, 4.69) is 14.5 Å². The summed E-state index contributed by atoms with van der Waals surface area (Å²) in [6, 6.07) is 0.598. The maximum Gasteiger partial charge on any atom is 0.338 e. The minimum atomic E-state index is -1.39. The molecule has 18 heavy (non-hydrogen) atoms. The van der Waals surface area contributed by atoms with E-state index < -0.39 is 11.6 Å². The molecule has 0 aromatic carbocycles. The summed E-state index contributed by atoms with van der Waals surface area (Å²) < 4.78 is 4.63. The zero-order valence-electron chi connectivity index (χ0n) is 11.4. The predicted molar refractivity (Wildman–Crippen MR) is 68.3 cm³/mol. The van der Waals surface area contributed by atoms with Crippen molar-refractivity contribution < 1.29 is 14.6 Å². The number of nitrogens with zero attached hydrogens (tertiary/aromatic N) is 2. The van der Waals surface area contributed by atoms with Gasteiger partial charge in [0.25, 0.3) is 0 Å². The molecule has 0 bridgehead atoms. The van der Waals surface area contributed by atoms with Crippen LogP contribution in [0.3, 0.4) is 0 Å². The van der Waals surface area contributed by atoms with Crippen LogP contribution < -0.4 is 0 Å². The van der Waals surface area contributed by atoms with Gasteiger partial charge in [-0.2, -0.15) is 0 Å². The average Bonchev–Trinajstić information content (AvgIpc) is 2.97. The molecular weight excluding hydrogens is 232 g/mol. The standard InChI is InChI=1S/C13H24N2O3/c1-13(17,12(16)18-2)10-14-8-5-11(9-14)15-6-3-4-7-15/h11,17H,3-10H2,1-2H3. The van der Waals surface area contributed by atoms with Crippen molar-refractivity contribution in [3.05, 3.63) is 0 Å². The Kier molecular flexibility index (Phi) is 4.25. The minimum Gasteiger partial charge on any atom is -0.467 e. The number of methoxy groups -OCH3 is 1. The lowest BCUT2D eigenvalue weighted by Gasteiger charge is -2.28. The Hall–Kier alpha value is -0.650. The van der Waals surface area contributed by atoms with Crippen LogP contribution in [0.4, 0.5) is 0 Å². The Labute approximate surface area is 109 Å². The second kappa shape index (κ2) is 5.55. The van der Waals surface area contributed by atoms with Crippen LogP contribution in [0.2, 0.25) is 0 Å². The fourth-order valence-electron chi connectivity index (χ4n) is 3.08. The molecule has 1 N–H and O–H groups in total. The van der Waals surface area contributed by atoms with E-state index in [1.807, 2.05) is 0 Å². The van der Waals surface area contributed by atoms with E-state index in [1.165, 1.54) is 40.0 Å². The van der Waals surface area contributed by atoms with Crippen LogP contribution in [0.15, 0.2) is 0 Å². The molecule has 0 amide bonds. The fraction of sp³-hybridized carbons (Fsp3) is 0.923. The second-order valence-corrected chi connectivity index (χ2v) is 5.69. The first kappa shape index (κ1) is 13.8. The molecule has 2 aliphatic heterocycles. The summed E-state index contributed by atoms with van der Waals surface area (Å²) >= 11 is 0. The van der Waals surface area contributed by atoms with Gasteiger partial charge in [-0.1, -0.05) is 0 Å². The number of carbonyl (C=O) groups is 1. The first-order valence-corrected chi connectivity index (χ1v) is 6.80. The van der Waals surface area contributed by atoms with Crippen LogP contribution in [-0.4, -0.2) is 72.4 Å². The summed E-state index contributed by atoms with van der Waals surface area (Å²) in [5.74, 6) is -0.549. The summed E-state index contributed by atoms with van der Waals surface area (Å²) in [6.07, 6.45) is 3.74. The number of aliphatic hydroxyl groups is 1. The molecule has 2 atom stereocenters. The van der Waals surface area contributed by atoms with Crippen molar-refractivity contribution in [3.63, 3.8) is 0 Å². The Morgan fingerprint density at radius 3 is 2.67 bits per heavy atom. The maximum absolute atomic E-state index is 11.4. The average molecular weight is 256 g/mol. The molecule has 0 radical (unpaired) electrons. The molecule has 2 rings (SSSR count). The first-order chi connectivity index (χ1) is 8.53. The van der Waals surface area contributed by atoms with Gasteiger partial charge in [0.05, 0.1) is 7.11 Å². The van der Waals surface area contributed by atoms with E-state index in [0.717, 1.165) is 19.5 Å². The van der Waals surface area contributed by atoms with Crippen molar-refractivity contribution >= 4 is 5.97 Å². The van der Waals surface area contributed by atoms with Gasteiger partial charge in [0, 0.05) is 19.1 Å². The summed E-state index contributed by atoms with van der Waals surface area (Å²) in [4.78, 5) is 16.2. The molecule has 2 heterocycles. The topological polar surface area (TPSA) is 53.0 Å². The van der Waals surface area contributed by atoms with Crippen LogP contribution in [0.1, 0.15) is 26.2 Å². The third-order valence-corrected chi connectivity index (χ3v) is 4.06. The predicted octanol–water partition coefficient (Wildman–Crippen LogP) is 0.0805. The van der Waals surface area contributed by atoms with E-state index >= 15 is 0 Å². The zero-order valence-corrected chi connectivity index (χ0v) is 11.4. The molecule has 5 heteroatoms. The van der Waals surface area contributed by atoms with Gasteiger partial charge in [-0.25, -0.2) is 4.79 Å². The summed E-state index contributed by atoms with van der Waals surface area (Å²) in [7, 11) is 1.31. The normalized spacial score (nSPS) is 29.4. The SMILES string of the molecule is COC(=O)C(C)(O)CN1CCC(N2CCCC2)C1. The van der Waals surface area contributed by atoms with Crippen LogP contribution in [-0.2, 0) is 9.53 Å². The molecule has 2 aliphatic rings. The molecule has 0 aliphatic carbocycles. The quantitative estimate of drug-likeness (QED) is 0.722. The lowest BCUT2D eigenvalue weighted by atomic mass is 10.1. The van der Waals surface area contributed by atoms with Gasteiger partial charge in [-0.3, -0.25) is 9.80 Å². The number of esters is 1. The summed E-state index contributed by atoms with van der Waals surface area (Å²) in [5, 5.41) is 10.1. The highest BCUT2D eigenvalue weighted by Crippen LogP contribution is 2.22. The van der Waals surface area contributed by atoms with E-state index in [0.29, 0.717) is 12.6 Å². The van der Waals surface area contributed by atoms with Gasteiger partial charge >= 0.3 is 5.97 Å². The molecule has 2 unspecified atom stereocenters. The molecule has 5 nitrogen and oxygen atoms in total. The fourth-order valence-corrected chi connectivity index (χ4v) is 3.08. The Bertz CT molecular complexity index is 301. The van der Waals surface area contributed by atoms with Crippen molar-refractivity contribution in [1.29, 1.82) is 0 Å². The van der Waals surface area contributed by atoms with Crippen molar-refractivity contribution in [1.82, 2.24) is 9.80 Å². The third kappa shape index (κ3) is 3.02. The van der Waals surface area contributed by atoms with E-state index in [-0.39, 0.29) is 0 Å². The van der Waals surface area contributed by atoms with Crippen molar-refractivity contribution in [2.45, 2.75) is 37.8 Å². The number of carbonyl (C=O) groups excluding carboxylic acids is 1. The van der Waals surface area contributed by atoms with Gasteiger partial charge < -0.3 is 9.84 Å². The summed E-state index contributed by atoms with van der Waals surface area (Å²) in [5.41, 5.74) is -1.39. The monoisotopic (exact) mass is 256 g/mol. The number of likely N-dealkylation sites (tertiary alicyclic amines) is 2. The smallest absolute Gasteiger partial charge is 0.338 e. The highest BCUT2D eigenvalue weighted by molar-refractivity contribution is 5.78. The lowest BCUT2D eigenvalue weighted by Crippen LogP contribution is -2.47. The van der Waals surface area contributed by atoms with Crippen LogP contribution in [0.25, 0.3) is 0 Å². The molecule has 2 saturated heterocycles. The maximum atomic E-state index is 11.4. The molecule has 2 fully saturated rings. The highest BCUT2D eigenvalue weighted by Gasteiger charge is 2.37. The molecular formula is C13H24N2O3. The van der Waals surface area contributed by atoms with Gasteiger partial charge in [-0.05, 0) is 45.8 Å². The molecule has 0 aromatic heterocycles. The van der Waals surface area contributed by atoms with Crippen molar-refractivity contribution in [3.8, 4) is 0 Å². The van der Waals surface area contributed by atoms with Crippen LogP contribution in [0, 0.1) is 0 Å². The van der Waals surface area contributed by atoms with Gasteiger partial charge in [0.1, 0.15) is 0 Å². The Morgan fingerprint density at radius 2 is 2.06 bits per heavy atom. The van der Waals surface area contributed by atoms with E-state index in [4.69, 9.17) is 0 Å². The van der Waals surface area contributed by atoms with Gasteiger partial charge in [0.15, 0.2) is 5.60 Å². The third-order valence-electron chi connectivity index (χ3n) is 4.06. The van der Waals surface area contributed by atoms with Crippen LogP contribution in [0.5, 0.6) is 0 Å². The van der Waals surface area contributed by atoms with E-state index in [9.17, 15) is 9.90 Å². The van der Waals surface area contributed by atoms with Gasteiger partial charge in [-0.15, -0.1) is 0 Å². The van der Waals surface area contributed by atoms with Crippen molar-refractivity contribution in [2.75, 3.05) is 39.8 Å². The molecule has 0 aromatic rings. The minimum absolute atomic E-state index is 0.365.